The van der Waals surface area contributed by atoms with Crippen LogP contribution in [0.4, 0.5) is 4.39 Å². The van der Waals surface area contributed by atoms with Crippen LogP contribution < -0.4 is 0 Å². The molecule has 0 aliphatic rings. The predicted octanol–water partition coefficient (Wildman–Crippen LogP) is 2.62. The molecule has 1 aromatic carbocycles. The lowest BCUT2D eigenvalue weighted by Gasteiger charge is -2.09. The minimum atomic E-state index is -0.385. The van der Waals surface area contributed by atoms with Crippen LogP contribution in [0, 0.1) is 17.1 Å². The fourth-order valence-corrected chi connectivity index (χ4v) is 1.06. The third kappa shape index (κ3) is 2.54. The van der Waals surface area contributed by atoms with Crippen LogP contribution in [-0.4, -0.2) is 6.10 Å². The summed E-state index contributed by atoms with van der Waals surface area (Å²) in [5.41, 5.74) is 0.675. The Kier molecular flexibility index (Phi) is 3.61. The second-order valence-electron chi connectivity index (χ2n) is 3.24. The lowest BCUT2D eigenvalue weighted by molar-refractivity contribution is 0.0638. The van der Waals surface area contributed by atoms with Crippen LogP contribution in [0.3, 0.4) is 0 Å². The van der Waals surface area contributed by atoms with Gasteiger partial charge in [-0.3, -0.25) is 0 Å². The van der Waals surface area contributed by atoms with Gasteiger partial charge in [-0.2, -0.15) is 5.26 Å². The van der Waals surface area contributed by atoms with Crippen LogP contribution in [0.25, 0.3) is 0 Å². The van der Waals surface area contributed by atoms with E-state index in [9.17, 15) is 4.39 Å². The Labute approximate surface area is 82.9 Å². The zero-order valence-electron chi connectivity index (χ0n) is 8.25. The highest BCUT2D eigenvalue weighted by atomic mass is 19.1. The Bertz CT molecular complexity index is 355. The molecule has 0 saturated heterocycles. The summed E-state index contributed by atoms with van der Waals surface area (Å²) in [6, 6.07) is 6.38. The molecule has 0 aromatic heterocycles. The summed E-state index contributed by atoms with van der Waals surface area (Å²) >= 11 is 0. The van der Waals surface area contributed by atoms with Gasteiger partial charge in [0.2, 0.25) is 0 Å². The smallest absolute Gasteiger partial charge is 0.130 e. The third-order valence-corrected chi connectivity index (χ3v) is 1.80. The Hall–Kier alpha value is -1.40. The molecule has 0 atom stereocenters. The summed E-state index contributed by atoms with van der Waals surface area (Å²) in [5, 5.41) is 8.74. The summed E-state index contributed by atoms with van der Waals surface area (Å²) in [6.07, 6.45) is 0.0288. The van der Waals surface area contributed by atoms with Gasteiger partial charge in [-0.25, -0.2) is 4.39 Å². The molecule has 1 aromatic rings. The molecule has 0 radical (unpaired) electrons. The first-order valence-electron chi connectivity index (χ1n) is 4.44. The Balaban J connectivity index is 2.89. The van der Waals surface area contributed by atoms with Crippen LogP contribution in [0.1, 0.15) is 25.0 Å². The van der Waals surface area contributed by atoms with Gasteiger partial charge in [0, 0.05) is 5.56 Å². The number of ether oxygens (including phenoxy) is 1. The first-order chi connectivity index (χ1) is 6.65. The number of nitriles is 1. The molecule has 14 heavy (non-hydrogen) atoms. The number of nitrogens with zero attached hydrogens (tertiary/aromatic N) is 1. The fraction of sp³-hybridized carbons (Fsp3) is 0.364. The SMILES string of the molecule is CC(C)OCc1c(F)cccc1C#N. The molecule has 0 N–H and O–H groups in total. The van der Waals surface area contributed by atoms with E-state index in [1.165, 1.54) is 12.1 Å². The Morgan fingerprint density at radius 3 is 2.79 bits per heavy atom. The topological polar surface area (TPSA) is 33.0 Å². The van der Waals surface area contributed by atoms with Crippen molar-refractivity contribution < 1.29 is 9.13 Å². The van der Waals surface area contributed by atoms with Crippen molar-refractivity contribution in [3.8, 4) is 6.07 Å². The molecule has 0 heterocycles. The molecule has 0 unspecified atom stereocenters. The van der Waals surface area contributed by atoms with Crippen LogP contribution in [0.2, 0.25) is 0 Å². The molecule has 0 bridgehead atoms. The molecule has 0 fully saturated rings. The average molecular weight is 193 g/mol. The molecule has 0 saturated carbocycles. The highest BCUT2D eigenvalue weighted by molar-refractivity contribution is 5.37. The van der Waals surface area contributed by atoms with Gasteiger partial charge in [0.25, 0.3) is 0 Å². The monoisotopic (exact) mass is 193 g/mol. The van der Waals surface area contributed by atoms with E-state index < -0.39 is 0 Å². The molecule has 1 rings (SSSR count). The number of hydrogen-bond donors (Lipinski definition) is 0. The maximum Gasteiger partial charge on any atom is 0.130 e. The van der Waals surface area contributed by atoms with Crippen molar-refractivity contribution in [2.75, 3.05) is 0 Å². The van der Waals surface area contributed by atoms with Gasteiger partial charge in [0.15, 0.2) is 0 Å². The fourth-order valence-electron chi connectivity index (χ4n) is 1.06. The summed E-state index contributed by atoms with van der Waals surface area (Å²) in [7, 11) is 0. The standard InChI is InChI=1S/C11H12FNO/c1-8(2)14-7-10-9(6-13)4-3-5-11(10)12/h3-5,8H,7H2,1-2H3. The van der Waals surface area contributed by atoms with E-state index in [-0.39, 0.29) is 18.5 Å². The second kappa shape index (κ2) is 4.73. The average Bonchev–Trinajstić information content (AvgIpc) is 2.15. The van der Waals surface area contributed by atoms with E-state index in [4.69, 9.17) is 10.00 Å². The van der Waals surface area contributed by atoms with Gasteiger partial charge >= 0.3 is 0 Å². The second-order valence-corrected chi connectivity index (χ2v) is 3.24. The zero-order valence-corrected chi connectivity index (χ0v) is 8.25. The Morgan fingerprint density at radius 2 is 2.21 bits per heavy atom. The minimum Gasteiger partial charge on any atom is -0.374 e. The van der Waals surface area contributed by atoms with Crippen molar-refractivity contribution in [3.63, 3.8) is 0 Å². The molecular formula is C11H12FNO. The zero-order chi connectivity index (χ0) is 10.6. The van der Waals surface area contributed by atoms with Gasteiger partial charge in [-0.15, -0.1) is 0 Å². The largest absolute Gasteiger partial charge is 0.374 e. The van der Waals surface area contributed by atoms with Gasteiger partial charge in [-0.05, 0) is 26.0 Å². The van der Waals surface area contributed by atoms with Gasteiger partial charge in [-0.1, -0.05) is 6.07 Å². The first kappa shape index (κ1) is 10.7. The van der Waals surface area contributed by atoms with Crippen molar-refractivity contribution in [2.45, 2.75) is 26.6 Å². The Morgan fingerprint density at radius 1 is 1.50 bits per heavy atom. The van der Waals surface area contributed by atoms with E-state index >= 15 is 0 Å². The van der Waals surface area contributed by atoms with Crippen LogP contribution in [-0.2, 0) is 11.3 Å². The molecule has 0 spiro atoms. The molecule has 3 heteroatoms. The maximum absolute atomic E-state index is 13.3. The molecule has 0 amide bonds. The number of halogens is 1. The molecule has 0 aliphatic heterocycles. The predicted molar refractivity (Wildman–Crippen MR) is 51.0 cm³/mol. The summed E-state index contributed by atoms with van der Waals surface area (Å²) in [4.78, 5) is 0. The quantitative estimate of drug-likeness (QED) is 0.739. The van der Waals surface area contributed by atoms with E-state index in [0.717, 1.165) is 0 Å². The molecule has 0 aliphatic carbocycles. The first-order valence-corrected chi connectivity index (χ1v) is 4.44. The normalized spacial score (nSPS) is 10.2. The number of benzene rings is 1. The van der Waals surface area contributed by atoms with Gasteiger partial charge in [0.1, 0.15) is 5.82 Å². The van der Waals surface area contributed by atoms with Crippen LogP contribution in [0.15, 0.2) is 18.2 Å². The molecular weight excluding hydrogens is 181 g/mol. The van der Waals surface area contributed by atoms with E-state index in [1.807, 2.05) is 19.9 Å². The van der Waals surface area contributed by atoms with Crippen LogP contribution >= 0.6 is 0 Å². The summed E-state index contributed by atoms with van der Waals surface area (Å²) in [6.45, 7) is 3.88. The van der Waals surface area contributed by atoms with Crippen molar-refractivity contribution in [1.29, 1.82) is 5.26 Å². The van der Waals surface area contributed by atoms with Crippen molar-refractivity contribution in [3.05, 3.63) is 35.1 Å². The molecule has 74 valence electrons. The van der Waals surface area contributed by atoms with Crippen LogP contribution in [0.5, 0.6) is 0 Å². The third-order valence-electron chi connectivity index (χ3n) is 1.80. The summed E-state index contributed by atoms with van der Waals surface area (Å²) < 4.78 is 18.5. The minimum absolute atomic E-state index is 0.0288. The maximum atomic E-state index is 13.3. The van der Waals surface area contributed by atoms with Gasteiger partial charge < -0.3 is 4.74 Å². The lowest BCUT2D eigenvalue weighted by atomic mass is 10.1. The van der Waals surface area contributed by atoms with Crippen molar-refractivity contribution in [2.24, 2.45) is 0 Å². The van der Waals surface area contributed by atoms with E-state index in [0.29, 0.717) is 11.1 Å². The lowest BCUT2D eigenvalue weighted by Crippen LogP contribution is -2.05. The number of rotatable bonds is 3. The van der Waals surface area contributed by atoms with Crippen molar-refractivity contribution >= 4 is 0 Å². The number of hydrogen-bond acceptors (Lipinski definition) is 2. The highest BCUT2D eigenvalue weighted by Crippen LogP contribution is 2.14. The summed E-state index contributed by atoms with van der Waals surface area (Å²) in [5.74, 6) is -0.385. The highest BCUT2D eigenvalue weighted by Gasteiger charge is 2.08. The van der Waals surface area contributed by atoms with Crippen molar-refractivity contribution in [1.82, 2.24) is 0 Å². The molecule has 2 nitrogen and oxygen atoms in total. The van der Waals surface area contributed by atoms with E-state index in [2.05, 4.69) is 0 Å². The van der Waals surface area contributed by atoms with Gasteiger partial charge in [0.05, 0.1) is 24.3 Å². The van der Waals surface area contributed by atoms with E-state index in [1.54, 1.807) is 6.07 Å².